The Morgan fingerprint density at radius 1 is 1.09 bits per heavy atom. The van der Waals surface area contributed by atoms with E-state index in [4.69, 9.17) is 0 Å². The molecular weight excluding hydrogens is 306 g/mol. The minimum atomic E-state index is -4.02. The Kier molecular flexibility index (Phi) is 4.74. The van der Waals surface area contributed by atoms with E-state index < -0.39 is 20.6 Å². The van der Waals surface area contributed by atoms with Gasteiger partial charge in [0, 0.05) is 18.3 Å². The number of rotatable bonds is 6. The van der Waals surface area contributed by atoms with Crippen molar-refractivity contribution in [3.8, 4) is 0 Å². The molecular formula is C14H15N3O4S. The molecule has 0 aliphatic heterocycles. The number of anilines is 1. The topological polar surface area (TPSA) is 101 Å². The zero-order valence-electron chi connectivity index (χ0n) is 11.8. The van der Waals surface area contributed by atoms with Crippen molar-refractivity contribution < 1.29 is 13.3 Å². The summed E-state index contributed by atoms with van der Waals surface area (Å²) in [6, 6.07) is 12.0. The van der Waals surface area contributed by atoms with E-state index in [-0.39, 0.29) is 4.90 Å². The van der Waals surface area contributed by atoms with E-state index in [1.54, 1.807) is 24.3 Å². The Labute approximate surface area is 128 Å². The van der Waals surface area contributed by atoms with Crippen molar-refractivity contribution in [1.29, 1.82) is 0 Å². The summed E-state index contributed by atoms with van der Waals surface area (Å²) in [5, 5.41) is 13.9. The van der Waals surface area contributed by atoms with Gasteiger partial charge in [-0.25, -0.2) is 8.42 Å². The van der Waals surface area contributed by atoms with Crippen molar-refractivity contribution in [3.05, 3.63) is 64.2 Å². The van der Waals surface area contributed by atoms with Gasteiger partial charge in [0.2, 0.25) is 0 Å². The lowest BCUT2D eigenvalue weighted by Crippen LogP contribution is -2.14. The van der Waals surface area contributed by atoms with Gasteiger partial charge in [-0.1, -0.05) is 24.3 Å². The Morgan fingerprint density at radius 2 is 1.73 bits per heavy atom. The summed E-state index contributed by atoms with van der Waals surface area (Å²) in [4.78, 5) is 9.86. The predicted octanol–water partition coefficient (Wildman–Crippen LogP) is 2.12. The quantitative estimate of drug-likeness (QED) is 0.627. The highest BCUT2D eigenvalue weighted by atomic mass is 32.2. The van der Waals surface area contributed by atoms with Crippen LogP contribution in [0.15, 0.2) is 53.4 Å². The monoisotopic (exact) mass is 321 g/mol. The molecule has 0 heterocycles. The highest BCUT2D eigenvalue weighted by Gasteiger charge is 2.24. The van der Waals surface area contributed by atoms with Crippen LogP contribution < -0.4 is 10.0 Å². The van der Waals surface area contributed by atoms with Gasteiger partial charge >= 0.3 is 0 Å². The van der Waals surface area contributed by atoms with Gasteiger partial charge in [0.15, 0.2) is 4.90 Å². The molecule has 0 amide bonds. The van der Waals surface area contributed by atoms with Gasteiger partial charge in [0.1, 0.15) is 0 Å². The Bertz CT molecular complexity index is 773. The van der Waals surface area contributed by atoms with Crippen LogP contribution in [0.25, 0.3) is 0 Å². The molecule has 0 aromatic heterocycles. The lowest BCUT2D eigenvalue weighted by Gasteiger charge is -2.09. The molecule has 0 fully saturated rings. The average Bonchev–Trinajstić information content (AvgIpc) is 2.49. The molecule has 0 bridgehead atoms. The number of nitrogens with zero attached hydrogens (tertiary/aromatic N) is 1. The molecule has 22 heavy (non-hydrogen) atoms. The summed E-state index contributed by atoms with van der Waals surface area (Å²) in [5.74, 6) is 0. The molecule has 2 aromatic rings. The number of nitro benzene ring substituents is 1. The van der Waals surface area contributed by atoms with Crippen LogP contribution in [0.1, 0.15) is 5.56 Å². The predicted molar refractivity (Wildman–Crippen MR) is 83.1 cm³/mol. The summed E-state index contributed by atoms with van der Waals surface area (Å²) in [7, 11) is -2.21. The van der Waals surface area contributed by atoms with Crippen LogP contribution in [0.5, 0.6) is 0 Å². The number of hydrogen-bond donors (Lipinski definition) is 2. The van der Waals surface area contributed by atoms with E-state index in [2.05, 4.69) is 10.0 Å². The maximum Gasteiger partial charge on any atom is 0.289 e. The van der Waals surface area contributed by atoms with Gasteiger partial charge in [0.05, 0.1) is 4.92 Å². The lowest BCUT2D eigenvalue weighted by molar-refractivity contribution is -0.387. The molecule has 0 spiro atoms. The fraction of sp³-hybridized carbons (Fsp3) is 0.143. The van der Waals surface area contributed by atoms with Crippen LogP contribution >= 0.6 is 0 Å². The Hall–Kier alpha value is -2.45. The molecule has 7 nitrogen and oxygen atoms in total. The summed E-state index contributed by atoms with van der Waals surface area (Å²) < 4.78 is 27.0. The van der Waals surface area contributed by atoms with E-state index in [0.29, 0.717) is 12.2 Å². The van der Waals surface area contributed by atoms with Crippen molar-refractivity contribution in [2.75, 3.05) is 11.8 Å². The van der Waals surface area contributed by atoms with Crippen LogP contribution in [0.4, 0.5) is 11.4 Å². The third-order valence-electron chi connectivity index (χ3n) is 2.94. The Morgan fingerprint density at radius 3 is 2.32 bits per heavy atom. The molecule has 0 aliphatic carbocycles. The van der Waals surface area contributed by atoms with Crippen LogP contribution in [-0.4, -0.2) is 20.4 Å². The molecule has 0 aliphatic rings. The van der Waals surface area contributed by atoms with Crippen LogP contribution in [0.3, 0.4) is 0 Å². The van der Waals surface area contributed by atoms with Crippen molar-refractivity contribution in [2.45, 2.75) is 11.4 Å². The van der Waals surface area contributed by atoms with Gasteiger partial charge in [-0.05, 0) is 30.8 Å². The normalized spacial score (nSPS) is 11.1. The number of nitro groups is 1. The first-order chi connectivity index (χ1) is 10.4. The maximum absolute atomic E-state index is 12.3. The summed E-state index contributed by atoms with van der Waals surface area (Å²) >= 11 is 0. The standard InChI is InChI=1S/C14H15N3O4S/c1-15-10-11-6-8-12(9-7-11)16-22(20,21)14-5-3-2-4-13(14)17(18)19/h2-9,15-16H,10H2,1H3. The summed E-state index contributed by atoms with van der Waals surface area (Å²) in [5.41, 5.74) is 0.885. The first-order valence-electron chi connectivity index (χ1n) is 6.44. The number of para-hydroxylation sites is 1. The van der Waals surface area contributed by atoms with Gasteiger partial charge < -0.3 is 5.32 Å². The first kappa shape index (κ1) is 15.9. The number of hydrogen-bond acceptors (Lipinski definition) is 5. The minimum absolute atomic E-state index is 0.345. The molecule has 0 radical (unpaired) electrons. The zero-order valence-corrected chi connectivity index (χ0v) is 12.6. The van der Waals surface area contributed by atoms with Gasteiger partial charge in [0.25, 0.3) is 15.7 Å². The third-order valence-corrected chi connectivity index (χ3v) is 4.37. The molecule has 0 saturated carbocycles. The molecule has 2 aromatic carbocycles. The third kappa shape index (κ3) is 3.60. The minimum Gasteiger partial charge on any atom is -0.316 e. The molecule has 8 heteroatoms. The maximum atomic E-state index is 12.3. The highest BCUT2D eigenvalue weighted by Crippen LogP contribution is 2.25. The van der Waals surface area contributed by atoms with Gasteiger partial charge in [-0.3, -0.25) is 14.8 Å². The zero-order chi connectivity index (χ0) is 16.2. The number of sulfonamides is 1. The molecule has 2 N–H and O–H groups in total. The van der Waals surface area contributed by atoms with Crippen molar-refractivity contribution in [1.82, 2.24) is 5.32 Å². The average molecular weight is 321 g/mol. The van der Waals surface area contributed by atoms with Gasteiger partial charge in [-0.2, -0.15) is 0 Å². The van der Waals surface area contributed by atoms with Crippen molar-refractivity contribution in [3.63, 3.8) is 0 Å². The molecule has 0 saturated heterocycles. The molecule has 116 valence electrons. The van der Waals surface area contributed by atoms with Crippen molar-refractivity contribution in [2.24, 2.45) is 0 Å². The SMILES string of the molecule is CNCc1ccc(NS(=O)(=O)c2ccccc2[N+](=O)[O-])cc1. The first-order valence-corrected chi connectivity index (χ1v) is 7.92. The smallest absolute Gasteiger partial charge is 0.289 e. The second-order valence-corrected chi connectivity index (χ2v) is 6.21. The van der Waals surface area contributed by atoms with Crippen LogP contribution in [0, 0.1) is 10.1 Å². The second kappa shape index (κ2) is 6.54. The van der Waals surface area contributed by atoms with Gasteiger partial charge in [-0.15, -0.1) is 0 Å². The fourth-order valence-corrected chi connectivity index (χ4v) is 3.17. The van der Waals surface area contributed by atoms with E-state index in [9.17, 15) is 18.5 Å². The van der Waals surface area contributed by atoms with Crippen molar-refractivity contribution >= 4 is 21.4 Å². The molecule has 0 unspecified atom stereocenters. The fourth-order valence-electron chi connectivity index (χ4n) is 1.94. The molecule has 0 atom stereocenters. The summed E-state index contributed by atoms with van der Waals surface area (Å²) in [6.07, 6.45) is 0. The number of benzene rings is 2. The van der Waals surface area contributed by atoms with E-state index >= 15 is 0 Å². The van der Waals surface area contributed by atoms with E-state index in [1.807, 2.05) is 7.05 Å². The van der Waals surface area contributed by atoms with Crippen LogP contribution in [-0.2, 0) is 16.6 Å². The van der Waals surface area contributed by atoms with E-state index in [1.165, 1.54) is 18.2 Å². The second-order valence-electron chi connectivity index (χ2n) is 4.56. The largest absolute Gasteiger partial charge is 0.316 e. The highest BCUT2D eigenvalue weighted by molar-refractivity contribution is 7.92. The summed E-state index contributed by atoms with van der Waals surface area (Å²) in [6.45, 7) is 0.664. The Balaban J connectivity index is 2.30. The molecule has 2 rings (SSSR count). The lowest BCUT2D eigenvalue weighted by atomic mass is 10.2. The van der Waals surface area contributed by atoms with Crippen LogP contribution in [0.2, 0.25) is 0 Å². The van der Waals surface area contributed by atoms with E-state index in [0.717, 1.165) is 11.6 Å². The number of nitrogens with one attached hydrogen (secondary N) is 2.